The number of rotatable bonds is 0. The fraction of sp³-hybridized carbons (Fsp3) is 0.273. The highest BCUT2D eigenvalue weighted by atomic mass is 19.2. The van der Waals surface area contributed by atoms with Gasteiger partial charge in [0.15, 0.2) is 11.6 Å². The van der Waals surface area contributed by atoms with Gasteiger partial charge in [0.1, 0.15) is 0 Å². The molecule has 3 heteroatoms. The molecule has 0 fully saturated rings. The molecule has 0 heterocycles. The summed E-state index contributed by atoms with van der Waals surface area (Å²) in [5, 5.41) is 0. The van der Waals surface area contributed by atoms with Crippen LogP contribution in [0.3, 0.4) is 0 Å². The summed E-state index contributed by atoms with van der Waals surface area (Å²) in [6, 6.07) is 3.87. The fourth-order valence-corrected chi connectivity index (χ4v) is 0.829. The van der Waals surface area contributed by atoms with Crippen LogP contribution in [-0.2, 0) is 0 Å². The van der Waals surface area contributed by atoms with E-state index >= 15 is 0 Å². The van der Waals surface area contributed by atoms with Crippen molar-refractivity contribution >= 4 is 0 Å². The summed E-state index contributed by atoms with van der Waals surface area (Å²) < 4.78 is 25.8. The molecule has 1 aromatic carbocycles. The van der Waals surface area contributed by atoms with Crippen LogP contribution in [0.15, 0.2) is 18.2 Å². The Morgan fingerprint density at radius 2 is 1.93 bits per heavy atom. The molecule has 74 valence electrons. The van der Waals surface area contributed by atoms with Crippen LogP contribution in [0.4, 0.5) is 8.78 Å². The van der Waals surface area contributed by atoms with Crippen molar-refractivity contribution in [2.24, 2.45) is 5.73 Å². The van der Waals surface area contributed by atoms with Gasteiger partial charge in [0, 0.05) is 0 Å². The molecule has 0 radical (unpaired) electrons. The van der Waals surface area contributed by atoms with E-state index in [-0.39, 0.29) is 5.56 Å². The molecule has 0 unspecified atom stereocenters. The lowest BCUT2D eigenvalue weighted by Crippen LogP contribution is -2.29. The largest absolute Gasteiger partial charge is 0.316 e. The molecule has 0 aromatic heterocycles. The Kier molecular flexibility index (Phi) is 2.87. The first-order chi connectivity index (χ1) is 6.40. The van der Waals surface area contributed by atoms with Crippen molar-refractivity contribution in [1.82, 2.24) is 0 Å². The topological polar surface area (TPSA) is 26.0 Å². The maximum Gasteiger partial charge on any atom is 0.174 e. The van der Waals surface area contributed by atoms with E-state index in [4.69, 9.17) is 5.73 Å². The summed E-state index contributed by atoms with van der Waals surface area (Å²) in [7, 11) is 0. The third-order valence-corrected chi connectivity index (χ3v) is 1.47. The lowest BCUT2D eigenvalue weighted by molar-refractivity contribution is 0.506. The zero-order chi connectivity index (χ0) is 10.8. The zero-order valence-corrected chi connectivity index (χ0v) is 8.07. The minimum atomic E-state index is -0.927. The Hall–Kier alpha value is -1.40. The van der Waals surface area contributed by atoms with E-state index in [0.717, 1.165) is 6.07 Å². The standard InChI is InChI=1S/C11H11F2N/c1-11(2,14)7-6-8-4-3-5-9(12)10(8)13/h3-5H,14H2,1-2H3. The molecule has 0 aliphatic heterocycles. The molecule has 14 heavy (non-hydrogen) atoms. The Morgan fingerprint density at radius 1 is 1.29 bits per heavy atom. The van der Waals surface area contributed by atoms with Gasteiger partial charge in [-0.15, -0.1) is 0 Å². The minimum Gasteiger partial charge on any atom is -0.316 e. The predicted molar refractivity (Wildman–Crippen MR) is 51.5 cm³/mol. The van der Waals surface area contributed by atoms with Gasteiger partial charge in [0.05, 0.1) is 11.1 Å². The molecule has 1 aromatic rings. The van der Waals surface area contributed by atoms with Crippen LogP contribution in [0.5, 0.6) is 0 Å². The first kappa shape index (κ1) is 10.7. The first-order valence-electron chi connectivity index (χ1n) is 4.16. The molecule has 0 saturated heterocycles. The smallest absolute Gasteiger partial charge is 0.174 e. The third-order valence-electron chi connectivity index (χ3n) is 1.47. The Morgan fingerprint density at radius 3 is 2.50 bits per heavy atom. The van der Waals surface area contributed by atoms with Crippen molar-refractivity contribution in [1.29, 1.82) is 0 Å². The van der Waals surface area contributed by atoms with Gasteiger partial charge in [-0.05, 0) is 26.0 Å². The molecule has 0 atom stereocenters. The monoisotopic (exact) mass is 195 g/mol. The quantitative estimate of drug-likeness (QED) is 0.630. The number of halogens is 2. The van der Waals surface area contributed by atoms with Gasteiger partial charge in [0.2, 0.25) is 0 Å². The van der Waals surface area contributed by atoms with E-state index in [1.807, 2.05) is 0 Å². The normalized spacial score (nSPS) is 10.6. The van der Waals surface area contributed by atoms with Gasteiger partial charge >= 0.3 is 0 Å². The highest BCUT2D eigenvalue weighted by molar-refractivity contribution is 5.37. The molecule has 0 bridgehead atoms. The highest BCUT2D eigenvalue weighted by Crippen LogP contribution is 2.10. The maximum atomic E-state index is 13.1. The molecule has 0 aliphatic rings. The van der Waals surface area contributed by atoms with Gasteiger partial charge in [-0.2, -0.15) is 0 Å². The average Bonchev–Trinajstić information content (AvgIpc) is 2.06. The van der Waals surface area contributed by atoms with E-state index < -0.39 is 17.2 Å². The van der Waals surface area contributed by atoms with Crippen LogP contribution in [0.25, 0.3) is 0 Å². The second-order valence-electron chi connectivity index (χ2n) is 3.57. The van der Waals surface area contributed by atoms with Gasteiger partial charge in [0.25, 0.3) is 0 Å². The van der Waals surface area contributed by atoms with Crippen LogP contribution in [-0.4, -0.2) is 5.54 Å². The Balaban J connectivity index is 3.08. The molecule has 0 aliphatic carbocycles. The number of benzene rings is 1. The van der Waals surface area contributed by atoms with E-state index in [9.17, 15) is 8.78 Å². The highest BCUT2D eigenvalue weighted by Gasteiger charge is 2.07. The van der Waals surface area contributed by atoms with Crippen LogP contribution in [0.2, 0.25) is 0 Å². The van der Waals surface area contributed by atoms with Crippen LogP contribution < -0.4 is 5.73 Å². The second kappa shape index (κ2) is 3.77. The van der Waals surface area contributed by atoms with Crippen LogP contribution in [0.1, 0.15) is 19.4 Å². The molecular formula is C11H11F2N. The van der Waals surface area contributed by atoms with E-state index in [2.05, 4.69) is 11.8 Å². The number of nitrogens with two attached hydrogens (primary N) is 1. The fourth-order valence-electron chi connectivity index (χ4n) is 0.829. The van der Waals surface area contributed by atoms with Crippen molar-refractivity contribution < 1.29 is 8.78 Å². The minimum absolute atomic E-state index is 0.0310. The van der Waals surface area contributed by atoms with Crippen LogP contribution >= 0.6 is 0 Å². The summed E-state index contributed by atoms with van der Waals surface area (Å²) in [6.45, 7) is 3.38. The summed E-state index contributed by atoms with van der Waals surface area (Å²) in [6.07, 6.45) is 0. The van der Waals surface area contributed by atoms with Crippen molar-refractivity contribution in [3.05, 3.63) is 35.4 Å². The van der Waals surface area contributed by atoms with Crippen molar-refractivity contribution in [3.63, 3.8) is 0 Å². The van der Waals surface area contributed by atoms with Crippen molar-refractivity contribution in [2.75, 3.05) is 0 Å². The first-order valence-corrected chi connectivity index (χ1v) is 4.16. The van der Waals surface area contributed by atoms with Gasteiger partial charge in [-0.1, -0.05) is 17.9 Å². The number of hydrogen-bond acceptors (Lipinski definition) is 1. The molecule has 0 amide bonds. The Bertz CT molecular complexity index is 394. The SMILES string of the molecule is CC(C)(N)C#Cc1cccc(F)c1F. The molecular weight excluding hydrogens is 184 g/mol. The lowest BCUT2D eigenvalue weighted by atomic mass is 10.1. The second-order valence-corrected chi connectivity index (χ2v) is 3.57. The summed E-state index contributed by atoms with van der Waals surface area (Å²) in [5.74, 6) is 3.31. The molecule has 1 rings (SSSR count). The predicted octanol–water partition coefficient (Wildman–Crippen LogP) is 2.05. The van der Waals surface area contributed by atoms with E-state index in [1.54, 1.807) is 13.8 Å². The molecule has 1 nitrogen and oxygen atoms in total. The summed E-state index contributed by atoms with van der Waals surface area (Å²) >= 11 is 0. The van der Waals surface area contributed by atoms with Gasteiger partial charge < -0.3 is 5.73 Å². The summed E-state index contributed by atoms with van der Waals surface area (Å²) in [5.41, 5.74) is 4.90. The third kappa shape index (κ3) is 2.82. The number of hydrogen-bond donors (Lipinski definition) is 1. The van der Waals surface area contributed by atoms with E-state index in [1.165, 1.54) is 12.1 Å². The van der Waals surface area contributed by atoms with E-state index in [0.29, 0.717) is 0 Å². The van der Waals surface area contributed by atoms with Crippen LogP contribution in [0, 0.1) is 23.5 Å². The average molecular weight is 195 g/mol. The summed E-state index contributed by atoms with van der Waals surface area (Å²) in [4.78, 5) is 0. The molecule has 2 N–H and O–H groups in total. The lowest BCUT2D eigenvalue weighted by Gasteiger charge is -2.07. The molecule has 0 spiro atoms. The van der Waals surface area contributed by atoms with Gasteiger partial charge in [-0.3, -0.25) is 0 Å². The zero-order valence-electron chi connectivity index (χ0n) is 8.07. The molecule has 0 saturated carbocycles. The Labute approximate surface area is 81.9 Å². The van der Waals surface area contributed by atoms with Gasteiger partial charge in [-0.25, -0.2) is 8.78 Å². The maximum absolute atomic E-state index is 13.1. The van der Waals surface area contributed by atoms with Crippen molar-refractivity contribution in [2.45, 2.75) is 19.4 Å². The van der Waals surface area contributed by atoms with Crippen molar-refractivity contribution in [3.8, 4) is 11.8 Å².